The van der Waals surface area contributed by atoms with E-state index in [-0.39, 0.29) is 5.88 Å². The Labute approximate surface area is 89.0 Å². The summed E-state index contributed by atoms with van der Waals surface area (Å²) in [5.41, 5.74) is 6.39. The largest absolute Gasteiger partial charge is 0.417 e. The Morgan fingerprint density at radius 2 is 2.25 bits per heavy atom. The molecule has 0 aromatic carbocycles. The van der Waals surface area contributed by atoms with Crippen LogP contribution >= 0.6 is 0 Å². The van der Waals surface area contributed by atoms with Crippen molar-refractivity contribution in [1.82, 2.24) is 20.0 Å². The molecule has 0 aliphatic heterocycles. The topological polar surface area (TPSA) is 81.8 Å². The van der Waals surface area contributed by atoms with Gasteiger partial charge in [-0.15, -0.1) is 0 Å². The molecule has 0 spiro atoms. The van der Waals surface area contributed by atoms with Gasteiger partial charge in [0.15, 0.2) is 0 Å². The summed E-state index contributed by atoms with van der Waals surface area (Å²) >= 11 is 0. The summed E-state index contributed by atoms with van der Waals surface area (Å²) in [5.74, 6) is 0.273. The first-order valence-corrected chi connectivity index (χ1v) is 4.36. The zero-order valence-electron chi connectivity index (χ0n) is 8.32. The highest BCUT2D eigenvalue weighted by Gasteiger charge is 2.13. The third-order valence-corrected chi connectivity index (χ3v) is 1.92. The highest BCUT2D eigenvalue weighted by molar-refractivity contribution is 5.58. The average Bonchev–Trinajstić information content (AvgIpc) is 2.74. The molecule has 0 fully saturated rings. The van der Waals surface area contributed by atoms with E-state index in [9.17, 15) is 8.78 Å². The molecule has 2 aromatic rings. The van der Waals surface area contributed by atoms with Crippen molar-refractivity contribution in [1.29, 1.82) is 0 Å². The van der Waals surface area contributed by atoms with Crippen molar-refractivity contribution in [2.45, 2.75) is 6.61 Å². The van der Waals surface area contributed by atoms with Crippen molar-refractivity contribution < 1.29 is 13.5 Å². The van der Waals surface area contributed by atoms with Crippen LogP contribution in [0.25, 0.3) is 11.4 Å². The van der Waals surface area contributed by atoms with Gasteiger partial charge >= 0.3 is 6.61 Å². The lowest BCUT2D eigenvalue weighted by molar-refractivity contribution is -0.0553. The average molecular weight is 229 g/mol. The van der Waals surface area contributed by atoms with E-state index >= 15 is 0 Å². The van der Waals surface area contributed by atoms with Gasteiger partial charge in [0.05, 0.1) is 5.69 Å². The second-order valence-electron chi connectivity index (χ2n) is 3.08. The number of alkyl halides is 2. The molecule has 6 nitrogen and oxygen atoms in total. The number of aryl methyl sites for hydroxylation is 1. The van der Waals surface area contributed by atoms with E-state index in [1.807, 2.05) is 0 Å². The number of hydrogen-bond donors (Lipinski definition) is 2. The fourth-order valence-corrected chi connectivity index (χ4v) is 1.25. The number of nitrogens with two attached hydrogens (primary N) is 1. The third kappa shape index (κ3) is 1.95. The molecule has 0 aliphatic carbocycles. The minimum atomic E-state index is -2.88. The Bertz CT molecular complexity index is 492. The molecule has 16 heavy (non-hydrogen) atoms. The number of aromatic amines is 1. The predicted molar refractivity (Wildman–Crippen MR) is 51.8 cm³/mol. The van der Waals surface area contributed by atoms with E-state index in [1.54, 1.807) is 6.07 Å². The van der Waals surface area contributed by atoms with E-state index in [0.717, 1.165) is 0 Å². The molecular formula is C8H9F2N5O. The standard InChI is InChI=1S/C8H9F2N5O/c1-15-7(16-8(9)10)3-5(14-15)4-2-6(11)13-12-4/h2-3,8H,1H3,(H3,11,12,13). The molecule has 3 N–H and O–H groups in total. The summed E-state index contributed by atoms with van der Waals surface area (Å²) in [6.45, 7) is -2.88. The van der Waals surface area contributed by atoms with Gasteiger partial charge < -0.3 is 10.5 Å². The second kappa shape index (κ2) is 3.80. The van der Waals surface area contributed by atoms with Gasteiger partial charge in [-0.2, -0.15) is 19.0 Å². The van der Waals surface area contributed by atoms with Crippen LogP contribution in [-0.2, 0) is 7.05 Å². The van der Waals surface area contributed by atoms with E-state index in [2.05, 4.69) is 20.0 Å². The summed E-state index contributed by atoms with van der Waals surface area (Å²) in [7, 11) is 1.50. The van der Waals surface area contributed by atoms with Crippen molar-refractivity contribution in [3.8, 4) is 17.3 Å². The van der Waals surface area contributed by atoms with Crippen LogP contribution in [0.4, 0.5) is 14.6 Å². The number of nitrogen functional groups attached to an aromatic ring is 1. The number of nitrogens with zero attached hydrogens (tertiary/aromatic N) is 3. The lowest BCUT2D eigenvalue weighted by atomic mass is 10.3. The molecule has 0 aliphatic rings. The molecule has 0 atom stereocenters. The first-order chi connectivity index (χ1) is 7.56. The maximum atomic E-state index is 12.0. The van der Waals surface area contributed by atoms with Gasteiger partial charge in [-0.1, -0.05) is 0 Å². The van der Waals surface area contributed by atoms with Gasteiger partial charge in [-0.25, -0.2) is 4.68 Å². The second-order valence-corrected chi connectivity index (χ2v) is 3.08. The van der Waals surface area contributed by atoms with Crippen molar-refractivity contribution >= 4 is 5.82 Å². The van der Waals surface area contributed by atoms with Crippen molar-refractivity contribution in [2.24, 2.45) is 7.05 Å². The van der Waals surface area contributed by atoms with E-state index in [4.69, 9.17) is 5.73 Å². The SMILES string of the molecule is Cn1nc(-c2cc(N)n[nH]2)cc1OC(F)F. The summed E-state index contributed by atoms with van der Waals surface area (Å²) < 4.78 is 29.5. The highest BCUT2D eigenvalue weighted by Crippen LogP contribution is 2.23. The molecule has 0 saturated heterocycles. The Morgan fingerprint density at radius 1 is 1.50 bits per heavy atom. The molecule has 0 amide bonds. The number of halogens is 2. The molecule has 2 heterocycles. The monoisotopic (exact) mass is 229 g/mol. The first kappa shape index (κ1) is 10.4. The van der Waals surface area contributed by atoms with Crippen LogP contribution in [0.2, 0.25) is 0 Å². The van der Waals surface area contributed by atoms with Crippen LogP contribution < -0.4 is 10.5 Å². The van der Waals surface area contributed by atoms with E-state index < -0.39 is 6.61 Å². The Hall–Kier alpha value is -2.12. The first-order valence-electron chi connectivity index (χ1n) is 4.36. The highest BCUT2D eigenvalue weighted by atomic mass is 19.3. The summed E-state index contributed by atoms with van der Waals surface area (Å²) in [6, 6.07) is 2.92. The lowest BCUT2D eigenvalue weighted by Gasteiger charge is -2.01. The number of hydrogen-bond acceptors (Lipinski definition) is 4. The Morgan fingerprint density at radius 3 is 2.81 bits per heavy atom. The van der Waals surface area contributed by atoms with Crippen LogP contribution in [0.3, 0.4) is 0 Å². The fourth-order valence-electron chi connectivity index (χ4n) is 1.25. The van der Waals surface area contributed by atoms with Gasteiger partial charge in [-0.3, -0.25) is 5.10 Å². The number of nitrogens with one attached hydrogen (secondary N) is 1. The van der Waals surface area contributed by atoms with Crippen LogP contribution in [0.15, 0.2) is 12.1 Å². The number of aromatic nitrogens is 4. The van der Waals surface area contributed by atoms with Gasteiger partial charge in [0, 0.05) is 19.2 Å². The van der Waals surface area contributed by atoms with Gasteiger partial charge in [0.2, 0.25) is 5.88 Å². The normalized spacial score (nSPS) is 11.0. The van der Waals surface area contributed by atoms with Crippen LogP contribution in [0.5, 0.6) is 5.88 Å². The molecule has 0 unspecified atom stereocenters. The van der Waals surface area contributed by atoms with Crippen molar-refractivity contribution in [2.75, 3.05) is 5.73 Å². The van der Waals surface area contributed by atoms with Crippen LogP contribution in [0, 0.1) is 0 Å². The third-order valence-electron chi connectivity index (χ3n) is 1.92. The Kier molecular flexibility index (Phi) is 2.47. The van der Waals surface area contributed by atoms with Crippen molar-refractivity contribution in [3.63, 3.8) is 0 Å². The quantitative estimate of drug-likeness (QED) is 0.822. The van der Waals surface area contributed by atoms with Gasteiger partial charge in [0.1, 0.15) is 11.5 Å². The van der Waals surface area contributed by atoms with Crippen LogP contribution in [0.1, 0.15) is 0 Å². The summed E-state index contributed by atoms with van der Waals surface area (Å²) in [5, 5.41) is 10.3. The molecule has 86 valence electrons. The van der Waals surface area contributed by atoms with E-state index in [1.165, 1.54) is 17.8 Å². The van der Waals surface area contributed by atoms with Gasteiger partial charge in [-0.05, 0) is 0 Å². The lowest BCUT2D eigenvalue weighted by Crippen LogP contribution is -2.05. The maximum absolute atomic E-state index is 12.0. The summed E-state index contributed by atoms with van der Waals surface area (Å²) in [6.07, 6.45) is 0. The van der Waals surface area contributed by atoms with Crippen molar-refractivity contribution in [3.05, 3.63) is 12.1 Å². The minimum Gasteiger partial charge on any atom is -0.417 e. The number of anilines is 1. The molecule has 2 aromatic heterocycles. The predicted octanol–water partition coefficient (Wildman–Crippen LogP) is 0.994. The zero-order valence-corrected chi connectivity index (χ0v) is 8.32. The zero-order chi connectivity index (χ0) is 11.7. The molecular weight excluding hydrogens is 220 g/mol. The number of rotatable bonds is 3. The van der Waals surface area contributed by atoms with Crippen LogP contribution in [-0.4, -0.2) is 26.6 Å². The molecule has 2 rings (SSSR count). The number of ether oxygens (including phenoxy) is 1. The molecule has 0 saturated carbocycles. The minimum absolute atomic E-state index is 0.0295. The fraction of sp³-hybridized carbons (Fsp3) is 0.250. The van der Waals surface area contributed by atoms with E-state index in [0.29, 0.717) is 17.2 Å². The summed E-state index contributed by atoms with van der Waals surface area (Å²) in [4.78, 5) is 0. The Balaban J connectivity index is 2.30. The number of H-pyrrole nitrogens is 1. The smallest absolute Gasteiger partial charge is 0.388 e. The maximum Gasteiger partial charge on any atom is 0.388 e. The van der Waals surface area contributed by atoms with Gasteiger partial charge in [0.25, 0.3) is 0 Å². The molecule has 8 heteroatoms. The molecule has 0 bridgehead atoms. The molecule has 0 radical (unpaired) electrons.